The van der Waals surface area contributed by atoms with E-state index in [1.165, 1.54) is 30.6 Å². The summed E-state index contributed by atoms with van der Waals surface area (Å²) in [4.78, 5) is 8.10. The molecule has 0 aliphatic heterocycles. The summed E-state index contributed by atoms with van der Waals surface area (Å²) in [7, 11) is 0. The Balaban J connectivity index is 2.15. The van der Waals surface area contributed by atoms with Crippen LogP contribution < -0.4 is 0 Å². The van der Waals surface area contributed by atoms with Gasteiger partial charge in [-0.05, 0) is 31.4 Å². The van der Waals surface area contributed by atoms with Gasteiger partial charge in [0.05, 0.1) is 11.0 Å². The zero-order chi connectivity index (χ0) is 9.60. The highest BCUT2D eigenvalue weighted by Crippen LogP contribution is 2.49. The van der Waals surface area contributed by atoms with Crippen LogP contribution >= 0.6 is 0 Å². The number of benzene rings is 1. The van der Waals surface area contributed by atoms with Crippen LogP contribution in [0.4, 0.5) is 0 Å². The van der Waals surface area contributed by atoms with Crippen LogP contribution in [0, 0.1) is 0 Å². The topological polar surface area (TPSA) is 28.7 Å². The second-order valence-corrected chi connectivity index (χ2v) is 4.24. The predicted molar refractivity (Wildman–Crippen MR) is 57.3 cm³/mol. The summed E-state index contributed by atoms with van der Waals surface area (Å²) in [5, 5.41) is 0. The van der Waals surface area contributed by atoms with Crippen LogP contribution in [0.25, 0.3) is 11.0 Å². The molecule has 1 N–H and O–H groups in total. The molecule has 0 amide bonds. The Hall–Kier alpha value is -1.31. The van der Waals surface area contributed by atoms with E-state index >= 15 is 0 Å². The first-order valence-corrected chi connectivity index (χ1v) is 5.29. The lowest BCUT2D eigenvalue weighted by molar-refractivity contribution is 0.626. The first-order chi connectivity index (χ1) is 6.84. The van der Waals surface area contributed by atoms with E-state index in [0.717, 1.165) is 5.52 Å². The molecule has 0 spiro atoms. The average Bonchev–Trinajstić information content (AvgIpc) is 2.91. The molecule has 2 aromatic rings. The third-order valence-corrected chi connectivity index (χ3v) is 3.42. The monoisotopic (exact) mass is 186 g/mol. The minimum Gasteiger partial charge on any atom is -0.342 e. The van der Waals surface area contributed by atoms with Gasteiger partial charge in [-0.1, -0.05) is 19.1 Å². The molecule has 3 rings (SSSR count). The summed E-state index contributed by atoms with van der Waals surface area (Å²) in [6, 6.07) is 8.26. The molecule has 14 heavy (non-hydrogen) atoms. The van der Waals surface area contributed by atoms with Gasteiger partial charge in [0.1, 0.15) is 5.82 Å². The summed E-state index contributed by atoms with van der Waals surface area (Å²) < 4.78 is 0. The second kappa shape index (κ2) is 2.59. The first-order valence-electron chi connectivity index (χ1n) is 5.29. The maximum atomic E-state index is 4.66. The molecule has 1 aromatic carbocycles. The summed E-state index contributed by atoms with van der Waals surface area (Å²) in [6.45, 7) is 2.25. The summed E-state index contributed by atoms with van der Waals surface area (Å²) >= 11 is 0. The Morgan fingerprint density at radius 3 is 2.79 bits per heavy atom. The Kier molecular flexibility index (Phi) is 1.49. The van der Waals surface area contributed by atoms with Gasteiger partial charge < -0.3 is 4.98 Å². The van der Waals surface area contributed by atoms with Gasteiger partial charge >= 0.3 is 0 Å². The number of hydrogen-bond acceptors (Lipinski definition) is 1. The van der Waals surface area contributed by atoms with Crippen LogP contribution in [0.1, 0.15) is 32.0 Å². The molecule has 0 unspecified atom stereocenters. The van der Waals surface area contributed by atoms with Crippen molar-refractivity contribution in [3.05, 3.63) is 30.1 Å². The fourth-order valence-corrected chi connectivity index (χ4v) is 2.11. The van der Waals surface area contributed by atoms with Crippen molar-refractivity contribution in [3.63, 3.8) is 0 Å². The zero-order valence-electron chi connectivity index (χ0n) is 8.38. The van der Waals surface area contributed by atoms with E-state index in [9.17, 15) is 0 Å². The maximum absolute atomic E-state index is 4.66. The molecule has 1 aliphatic rings. The number of nitrogens with one attached hydrogen (secondary N) is 1. The third kappa shape index (κ3) is 0.999. The minimum absolute atomic E-state index is 0.388. The van der Waals surface area contributed by atoms with Gasteiger partial charge in [-0.15, -0.1) is 0 Å². The van der Waals surface area contributed by atoms with Crippen LogP contribution in [0.3, 0.4) is 0 Å². The van der Waals surface area contributed by atoms with E-state index < -0.39 is 0 Å². The number of nitrogens with zero attached hydrogens (tertiary/aromatic N) is 1. The quantitative estimate of drug-likeness (QED) is 0.767. The molecule has 1 aromatic heterocycles. The van der Waals surface area contributed by atoms with Crippen molar-refractivity contribution in [3.8, 4) is 0 Å². The maximum Gasteiger partial charge on any atom is 0.113 e. The predicted octanol–water partition coefficient (Wildman–Crippen LogP) is 3.00. The molecule has 72 valence electrons. The zero-order valence-corrected chi connectivity index (χ0v) is 8.38. The Labute approximate surface area is 83.4 Å². The van der Waals surface area contributed by atoms with E-state index in [1.807, 2.05) is 6.07 Å². The smallest absolute Gasteiger partial charge is 0.113 e. The lowest BCUT2D eigenvalue weighted by Gasteiger charge is -2.06. The molecule has 0 radical (unpaired) electrons. The van der Waals surface area contributed by atoms with Crippen molar-refractivity contribution in [1.29, 1.82) is 0 Å². The van der Waals surface area contributed by atoms with Gasteiger partial charge in [-0.2, -0.15) is 0 Å². The van der Waals surface area contributed by atoms with Crippen LogP contribution in [0.5, 0.6) is 0 Å². The normalized spacial score (nSPS) is 18.6. The second-order valence-electron chi connectivity index (χ2n) is 4.24. The largest absolute Gasteiger partial charge is 0.342 e. The van der Waals surface area contributed by atoms with Gasteiger partial charge in [0, 0.05) is 5.41 Å². The van der Waals surface area contributed by atoms with Crippen LogP contribution in [0.2, 0.25) is 0 Å². The van der Waals surface area contributed by atoms with Gasteiger partial charge in [0.2, 0.25) is 0 Å². The highest BCUT2D eigenvalue weighted by atomic mass is 15.0. The molecule has 1 fully saturated rings. The lowest BCUT2D eigenvalue weighted by atomic mass is 10.0. The van der Waals surface area contributed by atoms with Crippen molar-refractivity contribution < 1.29 is 0 Å². The number of hydrogen-bond donors (Lipinski definition) is 1. The number of imidazole rings is 1. The molecule has 0 saturated heterocycles. The van der Waals surface area contributed by atoms with E-state index in [0.29, 0.717) is 5.41 Å². The highest BCUT2D eigenvalue weighted by molar-refractivity contribution is 5.75. The van der Waals surface area contributed by atoms with Crippen molar-refractivity contribution in [1.82, 2.24) is 9.97 Å². The minimum atomic E-state index is 0.388. The van der Waals surface area contributed by atoms with E-state index in [-0.39, 0.29) is 0 Å². The number of para-hydroxylation sites is 2. The molecular weight excluding hydrogens is 172 g/mol. The van der Waals surface area contributed by atoms with Gasteiger partial charge in [0.25, 0.3) is 0 Å². The van der Waals surface area contributed by atoms with Crippen LogP contribution in [0.15, 0.2) is 24.3 Å². The lowest BCUT2D eigenvalue weighted by Crippen LogP contribution is -2.06. The van der Waals surface area contributed by atoms with Gasteiger partial charge in [-0.3, -0.25) is 0 Å². The fraction of sp³-hybridized carbons (Fsp3) is 0.417. The van der Waals surface area contributed by atoms with Crippen LogP contribution in [-0.4, -0.2) is 9.97 Å². The summed E-state index contributed by atoms with van der Waals surface area (Å²) in [6.07, 6.45) is 3.79. The summed E-state index contributed by atoms with van der Waals surface area (Å²) in [5.41, 5.74) is 2.66. The Bertz CT molecular complexity index is 433. The molecule has 2 heteroatoms. The molecule has 1 saturated carbocycles. The SMILES string of the molecule is CCC1(c2nc3ccccc3[nH]2)CC1. The van der Waals surface area contributed by atoms with E-state index in [1.54, 1.807) is 0 Å². The number of aromatic amines is 1. The van der Waals surface area contributed by atoms with Crippen LogP contribution in [-0.2, 0) is 5.41 Å². The van der Waals surface area contributed by atoms with E-state index in [4.69, 9.17) is 0 Å². The number of aromatic nitrogens is 2. The molecule has 0 bridgehead atoms. The van der Waals surface area contributed by atoms with Crippen molar-refractivity contribution in [2.45, 2.75) is 31.6 Å². The highest BCUT2D eigenvalue weighted by Gasteiger charge is 2.45. The summed E-state index contributed by atoms with van der Waals surface area (Å²) in [5.74, 6) is 1.20. The Morgan fingerprint density at radius 1 is 1.36 bits per heavy atom. The van der Waals surface area contributed by atoms with E-state index in [2.05, 4.69) is 35.1 Å². The fourth-order valence-electron chi connectivity index (χ4n) is 2.11. The van der Waals surface area contributed by atoms with Gasteiger partial charge in [-0.25, -0.2) is 4.98 Å². The number of fused-ring (bicyclic) bond motifs is 1. The standard InChI is InChI=1S/C12H14N2/c1-2-12(7-8-12)11-13-9-5-3-4-6-10(9)14-11/h3-6H,2,7-8H2,1H3,(H,13,14). The molecule has 2 nitrogen and oxygen atoms in total. The molecule has 0 atom stereocenters. The first kappa shape index (κ1) is 8.04. The van der Waals surface area contributed by atoms with Crippen molar-refractivity contribution in [2.75, 3.05) is 0 Å². The molecule has 1 heterocycles. The number of H-pyrrole nitrogens is 1. The molecular formula is C12H14N2. The van der Waals surface area contributed by atoms with Crippen molar-refractivity contribution in [2.24, 2.45) is 0 Å². The number of rotatable bonds is 2. The Morgan fingerprint density at radius 2 is 2.14 bits per heavy atom. The molecule has 1 aliphatic carbocycles. The van der Waals surface area contributed by atoms with Crippen molar-refractivity contribution >= 4 is 11.0 Å². The average molecular weight is 186 g/mol. The van der Waals surface area contributed by atoms with Gasteiger partial charge in [0.15, 0.2) is 0 Å². The third-order valence-electron chi connectivity index (χ3n) is 3.42.